The van der Waals surface area contributed by atoms with Crippen molar-refractivity contribution in [3.8, 4) is 0 Å². The molecule has 132 valence electrons. The Bertz CT molecular complexity index is 775. The topological polar surface area (TPSA) is 78.7 Å². The Morgan fingerprint density at radius 2 is 2.04 bits per heavy atom. The Labute approximate surface area is 147 Å². The highest BCUT2D eigenvalue weighted by molar-refractivity contribution is 6.00. The van der Waals surface area contributed by atoms with E-state index >= 15 is 0 Å². The first-order chi connectivity index (χ1) is 12.0. The molecule has 0 spiro atoms. The number of carbonyl (C=O) groups excluding carboxylic acids is 1. The van der Waals surface area contributed by atoms with Gasteiger partial charge < -0.3 is 20.4 Å². The molecule has 1 aromatic heterocycles. The van der Waals surface area contributed by atoms with Crippen LogP contribution < -0.4 is 16.0 Å². The van der Waals surface area contributed by atoms with Crippen molar-refractivity contribution in [2.75, 3.05) is 13.6 Å². The highest BCUT2D eigenvalue weighted by atomic mass is 16.3. The fourth-order valence-electron chi connectivity index (χ4n) is 2.67. The minimum atomic E-state index is -0.140. The third-order valence-corrected chi connectivity index (χ3v) is 4.04. The average molecular weight is 340 g/mol. The standard InChI is InChI=1S/C19H24N4O2/c1-19(2)12-22-17(23-19)14-6-4-13(5-7-14)9-21-18(24)15-8-16(10-20-3)25-11-15/h4-8,11,20H,9-10,12H2,1-3H3,(H,21,24)(H,22,23). The van der Waals surface area contributed by atoms with Gasteiger partial charge in [0.2, 0.25) is 0 Å². The number of nitrogens with zero attached hydrogens (tertiary/aromatic N) is 1. The number of aliphatic imine (C=N–C) groups is 1. The van der Waals surface area contributed by atoms with Crippen LogP contribution in [0.5, 0.6) is 0 Å². The van der Waals surface area contributed by atoms with Crippen LogP contribution in [0.1, 0.15) is 41.1 Å². The van der Waals surface area contributed by atoms with Gasteiger partial charge in [0.05, 0.1) is 24.2 Å². The normalized spacial score (nSPS) is 15.6. The fraction of sp³-hybridized carbons (Fsp3) is 0.368. The molecule has 3 rings (SSSR count). The summed E-state index contributed by atoms with van der Waals surface area (Å²) in [6.45, 7) is 6.11. The van der Waals surface area contributed by atoms with Gasteiger partial charge in [-0.2, -0.15) is 0 Å². The maximum atomic E-state index is 12.2. The Morgan fingerprint density at radius 3 is 2.68 bits per heavy atom. The molecule has 6 heteroatoms. The predicted octanol–water partition coefficient (Wildman–Crippen LogP) is 2.06. The minimum Gasteiger partial charge on any atom is -0.467 e. The molecular formula is C19H24N4O2. The molecule has 0 radical (unpaired) electrons. The number of furan rings is 1. The zero-order chi connectivity index (χ0) is 17.9. The summed E-state index contributed by atoms with van der Waals surface area (Å²) in [6.07, 6.45) is 1.48. The molecule has 1 aliphatic heterocycles. The Balaban J connectivity index is 1.55. The van der Waals surface area contributed by atoms with Crippen molar-refractivity contribution in [3.05, 3.63) is 59.0 Å². The van der Waals surface area contributed by atoms with Crippen molar-refractivity contribution >= 4 is 11.7 Å². The number of amidine groups is 1. The van der Waals surface area contributed by atoms with E-state index in [2.05, 4.69) is 34.8 Å². The molecule has 1 aliphatic rings. The highest BCUT2D eigenvalue weighted by Gasteiger charge is 2.25. The smallest absolute Gasteiger partial charge is 0.254 e. The first kappa shape index (κ1) is 17.2. The van der Waals surface area contributed by atoms with E-state index in [1.54, 1.807) is 6.07 Å². The van der Waals surface area contributed by atoms with Crippen LogP contribution in [0.15, 0.2) is 46.0 Å². The molecule has 25 heavy (non-hydrogen) atoms. The van der Waals surface area contributed by atoms with Crippen molar-refractivity contribution in [2.45, 2.75) is 32.5 Å². The summed E-state index contributed by atoms with van der Waals surface area (Å²) < 4.78 is 5.32. The van der Waals surface area contributed by atoms with Crippen LogP contribution >= 0.6 is 0 Å². The number of rotatable bonds is 6. The van der Waals surface area contributed by atoms with Crippen LogP contribution in [0.4, 0.5) is 0 Å². The Hall–Kier alpha value is -2.60. The molecule has 0 aliphatic carbocycles. The van der Waals surface area contributed by atoms with E-state index in [0.29, 0.717) is 18.7 Å². The first-order valence-corrected chi connectivity index (χ1v) is 8.39. The zero-order valence-corrected chi connectivity index (χ0v) is 14.8. The number of hydrogen-bond acceptors (Lipinski definition) is 5. The van der Waals surface area contributed by atoms with Gasteiger partial charge in [-0.25, -0.2) is 0 Å². The fourth-order valence-corrected chi connectivity index (χ4v) is 2.67. The number of benzene rings is 1. The van der Waals surface area contributed by atoms with Crippen molar-refractivity contribution in [1.82, 2.24) is 16.0 Å². The molecule has 2 heterocycles. The molecule has 2 aromatic rings. The lowest BCUT2D eigenvalue weighted by Crippen LogP contribution is -2.39. The summed E-state index contributed by atoms with van der Waals surface area (Å²) in [5.74, 6) is 1.53. The number of amides is 1. The predicted molar refractivity (Wildman–Crippen MR) is 97.7 cm³/mol. The van der Waals surface area contributed by atoms with Gasteiger partial charge in [0.25, 0.3) is 5.91 Å². The van der Waals surface area contributed by atoms with Crippen LogP contribution in [-0.2, 0) is 13.1 Å². The molecule has 6 nitrogen and oxygen atoms in total. The lowest BCUT2D eigenvalue weighted by Gasteiger charge is -2.18. The van der Waals surface area contributed by atoms with Gasteiger partial charge in [-0.1, -0.05) is 24.3 Å². The van der Waals surface area contributed by atoms with Gasteiger partial charge in [0.1, 0.15) is 17.9 Å². The van der Waals surface area contributed by atoms with Gasteiger partial charge in [-0.15, -0.1) is 0 Å². The summed E-state index contributed by atoms with van der Waals surface area (Å²) in [6, 6.07) is 9.82. The maximum absolute atomic E-state index is 12.2. The van der Waals surface area contributed by atoms with Gasteiger partial charge in [0, 0.05) is 12.1 Å². The molecule has 0 saturated heterocycles. The number of carbonyl (C=O) groups is 1. The van der Waals surface area contributed by atoms with Gasteiger partial charge in [-0.3, -0.25) is 9.79 Å². The van der Waals surface area contributed by atoms with Gasteiger partial charge >= 0.3 is 0 Å². The quantitative estimate of drug-likeness (QED) is 0.752. The molecule has 0 unspecified atom stereocenters. The largest absolute Gasteiger partial charge is 0.467 e. The molecule has 1 aromatic carbocycles. The van der Waals surface area contributed by atoms with Crippen molar-refractivity contribution in [3.63, 3.8) is 0 Å². The van der Waals surface area contributed by atoms with E-state index < -0.39 is 0 Å². The summed E-state index contributed by atoms with van der Waals surface area (Å²) in [4.78, 5) is 16.7. The Morgan fingerprint density at radius 1 is 1.28 bits per heavy atom. The molecule has 0 bridgehead atoms. The summed E-state index contributed by atoms with van der Waals surface area (Å²) in [5, 5.41) is 9.31. The van der Waals surface area contributed by atoms with Crippen LogP contribution in [-0.4, -0.2) is 30.9 Å². The summed E-state index contributed by atoms with van der Waals surface area (Å²) in [5.41, 5.74) is 2.65. The Kier molecular flexibility index (Phi) is 4.90. The first-order valence-electron chi connectivity index (χ1n) is 8.39. The lowest BCUT2D eigenvalue weighted by molar-refractivity contribution is 0.0950. The zero-order valence-electron chi connectivity index (χ0n) is 14.8. The van der Waals surface area contributed by atoms with Gasteiger partial charge in [0.15, 0.2) is 0 Å². The van der Waals surface area contributed by atoms with E-state index in [0.717, 1.165) is 29.3 Å². The van der Waals surface area contributed by atoms with E-state index in [4.69, 9.17) is 4.42 Å². The third-order valence-electron chi connectivity index (χ3n) is 4.04. The second-order valence-electron chi connectivity index (χ2n) is 6.89. The van der Waals surface area contributed by atoms with E-state index in [9.17, 15) is 4.79 Å². The molecule has 0 saturated carbocycles. The highest BCUT2D eigenvalue weighted by Crippen LogP contribution is 2.15. The van der Waals surface area contributed by atoms with Crippen molar-refractivity contribution in [2.24, 2.45) is 4.99 Å². The third kappa shape index (κ3) is 4.28. The molecule has 0 fully saturated rings. The van der Waals surface area contributed by atoms with Crippen LogP contribution in [0, 0.1) is 0 Å². The SMILES string of the molecule is CNCc1cc(C(=O)NCc2ccc(C3=NCC(C)(C)N3)cc2)co1. The van der Waals surface area contributed by atoms with E-state index in [-0.39, 0.29) is 11.4 Å². The molecule has 0 atom stereocenters. The summed E-state index contributed by atoms with van der Waals surface area (Å²) >= 11 is 0. The lowest BCUT2D eigenvalue weighted by atomic mass is 10.1. The average Bonchev–Trinajstić information content (AvgIpc) is 3.20. The van der Waals surface area contributed by atoms with E-state index in [1.165, 1.54) is 6.26 Å². The van der Waals surface area contributed by atoms with Crippen LogP contribution in [0.2, 0.25) is 0 Å². The second-order valence-corrected chi connectivity index (χ2v) is 6.89. The minimum absolute atomic E-state index is 0.0126. The van der Waals surface area contributed by atoms with Crippen LogP contribution in [0.25, 0.3) is 0 Å². The number of hydrogen-bond donors (Lipinski definition) is 3. The summed E-state index contributed by atoms with van der Waals surface area (Å²) in [7, 11) is 1.83. The molecule has 3 N–H and O–H groups in total. The molecular weight excluding hydrogens is 316 g/mol. The van der Waals surface area contributed by atoms with Crippen molar-refractivity contribution < 1.29 is 9.21 Å². The maximum Gasteiger partial charge on any atom is 0.254 e. The molecule has 1 amide bonds. The number of nitrogens with one attached hydrogen (secondary N) is 3. The van der Waals surface area contributed by atoms with E-state index in [1.807, 2.05) is 31.3 Å². The van der Waals surface area contributed by atoms with Crippen molar-refractivity contribution in [1.29, 1.82) is 0 Å². The van der Waals surface area contributed by atoms with Crippen LogP contribution in [0.3, 0.4) is 0 Å². The monoisotopic (exact) mass is 340 g/mol. The van der Waals surface area contributed by atoms with Gasteiger partial charge in [-0.05, 0) is 32.5 Å². The second kappa shape index (κ2) is 7.11.